The summed E-state index contributed by atoms with van der Waals surface area (Å²) in [6, 6.07) is 17.7. The van der Waals surface area contributed by atoms with Gasteiger partial charge >= 0.3 is 30.1 Å². The van der Waals surface area contributed by atoms with Crippen LogP contribution in [0.15, 0.2) is 167 Å². The maximum absolute atomic E-state index is 15.2. The predicted molar refractivity (Wildman–Crippen MR) is 497 cm³/mol. The van der Waals surface area contributed by atoms with E-state index in [1.807, 2.05) is 140 Å². The van der Waals surface area contributed by atoms with Crippen LogP contribution in [-0.2, 0) is 51.7 Å². The molecule has 0 amide bonds. The second kappa shape index (κ2) is 48.9. The van der Waals surface area contributed by atoms with Crippen molar-refractivity contribution < 1.29 is 102 Å². The number of rotatable bonds is 34. The molecule has 0 atom stereocenters. The van der Waals surface area contributed by atoms with Crippen molar-refractivity contribution >= 4 is 58.0 Å². The number of allylic oxidation sites excluding steroid dienone is 17. The van der Waals surface area contributed by atoms with Gasteiger partial charge in [-0.25, -0.2) is 49.9 Å². The first-order valence-electron chi connectivity index (χ1n) is 42.2. The summed E-state index contributed by atoms with van der Waals surface area (Å²) in [4.78, 5) is 44.3. The summed E-state index contributed by atoms with van der Waals surface area (Å²) in [5, 5.41) is 37.5. The van der Waals surface area contributed by atoms with Crippen molar-refractivity contribution in [2.45, 2.75) is 297 Å². The van der Waals surface area contributed by atoms with E-state index >= 15 is 13.2 Å². The maximum atomic E-state index is 15.2. The van der Waals surface area contributed by atoms with Crippen molar-refractivity contribution in [2.75, 3.05) is 26.4 Å². The fraction of sp³-hybridized carbons (Fsp3) is 0.476. The van der Waals surface area contributed by atoms with Crippen LogP contribution in [0.1, 0.15) is 311 Å². The molecule has 4 aromatic carbocycles. The highest BCUT2D eigenvalue weighted by atomic mass is 32.1. The number of hydrogen-bond donors (Lipinski definition) is 4. The van der Waals surface area contributed by atoms with E-state index in [2.05, 4.69) is 79.0 Å². The van der Waals surface area contributed by atoms with Gasteiger partial charge in [0.15, 0.2) is 6.61 Å². The fourth-order valence-corrected chi connectivity index (χ4v) is 13.0. The highest BCUT2D eigenvalue weighted by Gasteiger charge is 2.35. The van der Waals surface area contributed by atoms with Gasteiger partial charge in [0.25, 0.3) is 12.9 Å². The van der Waals surface area contributed by atoms with Crippen LogP contribution in [0.3, 0.4) is 0 Å². The zero-order valence-corrected chi connectivity index (χ0v) is 80.2. The fourth-order valence-electron chi connectivity index (χ4n) is 12.2. The molecular formula is C103H136F10O12S. The van der Waals surface area contributed by atoms with E-state index in [4.69, 9.17) is 39.4 Å². The molecule has 126 heavy (non-hydrogen) atoms. The molecule has 4 N–H and O–H groups in total. The summed E-state index contributed by atoms with van der Waals surface area (Å²) in [5.74, 6) is -4.00. The smallest absolute Gasteiger partial charge is 0.422 e. The summed E-state index contributed by atoms with van der Waals surface area (Å²) >= 11 is 1.65. The first-order valence-corrected chi connectivity index (χ1v) is 43.1. The van der Waals surface area contributed by atoms with E-state index in [1.165, 1.54) is 61.4 Å². The molecule has 0 aliphatic heterocycles. The lowest BCUT2D eigenvalue weighted by Crippen LogP contribution is -2.23. The molecule has 1 heterocycles. The van der Waals surface area contributed by atoms with Crippen LogP contribution in [0.5, 0.6) is 23.0 Å². The van der Waals surface area contributed by atoms with Gasteiger partial charge in [0.2, 0.25) is 0 Å². The Kier molecular flexibility index (Phi) is 43.5. The van der Waals surface area contributed by atoms with Crippen molar-refractivity contribution in [3.8, 4) is 34.1 Å². The van der Waals surface area contributed by atoms with Crippen LogP contribution in [0, 0.1) is 0 Å². The number of hydrogen-bond acceptors (Lipinski definition) is 9. The summed E-state index contributed by atoms with van der Waals surface area (Å²) in [5.41, 5.74) is 10.7. The maximum Gasteiger partial charge on any atom is 0.422 e. The van der Waals surface area contributed by atoms with Gasteiger partial charge in [-0.2, -0.15) is 13.2 Å². The van der Waals surface area contributed by atoms with E-state index in [-0.39, 0.29) is 61.2 Å². The van der Waals surface area contributed by atoms with E-state index in [0.717, 1.165) is 94.0 Å². The van der Waals surface area contributed by atoms with Gasteiger partial charge in [-0.3, -0.25) is 0 Å². The molecule has 23 heteroatoms. The number of thiophene rings is 1. The van der Waals surface area contributed by atoms with Crippen LogP contribution in [0.4, 0.5) is 43.9 Å². The molecule has 5 aromatic rings. The number of carbonyl (C=O) groups is 4. The van der Waals surface area contributed by atoms with Gasteiger partial charge in [-0.05, 0) is 239 Å². The summed E-state index contributed by atoms with van der Waals surface area (Å²) in [6.45, 7) is 55.3. The molecule has 5 rings (SSSR count). The Labute approximate surface area is 746 Å². The number of carboxylic acid groups (broad SMARTS) is 4. The van der Waals surface area contributed by atoms with E-state index in [9.17, 15) is 49.9 Å². The Balaban J connectivity index is 0.000000569. The van der Waals surface area contributed by atoms with E-state index in [1.54, 1.807) is 58.1 Å². The van der Waals surface area contributed by atoms with Gasteiger partial charge < -0.3 is 39.4 Å². The molecule has 0 saturated heterocycles. The minimum Gasteiger partial charge on any atom is -0.493 e. The second-order valence-electron chi connectivity index (χ2n) is 37.3. The number of benzene rings is 4. The zero-order chi connectivity index (χ0) is 97.0. The molecule has 0 unspecified atom stereocenters. The molecule has 1 aromatic heterocycles. The molecule has 0 fully saturated rings. The number of halogens is 10. The van der Waals surface area contributed by atoms with Crippen molar-refractivity contribution in [1.29, 1.82) is 0 Å². The largest absolute Gasteiger partial charge is 0.493 e. The first-order chi connectivity index (χ1) is 57.8. The van der Waals surface area contributed by atoms with Gasteiger partial charge in [0.1, 0.15) is 53.7 Å². The average molecular weight is 1790 g/mol. The normalized spacial score (nSPS) is 13.8. The SMILES string of the molecule is CC(/C=C/C(F)=C(/C)c1cc(C(C)(C)C)cc(C(C)(C)C)c1OCC(F)(F)F)=C\C(=O)O.CC(/C=C/C(F)=C(/C)c1cc(C(C)(C)C)cc(C(C)(C)C)c1OCC(F)F)=C\C(=O)O.CCC(C)(C)c1cc(\C(C)=C(F)/C=C/C(C)=C/C(=O)O)c(OCC(F)F)c(C(C)(C)CC)c1.CCCCOc1c(-c2ccsc2/C=C/C(C)=C/C(=O)O)cc(C(C)C)cc1C(C)C. The van der Waals surface area contributed by atoms with Crippen molar-refractivity contribution in [1.82, 2.24) is 0 Å². The second-order valence-corrected chi connectivity index (χ2v) is 38.3. The Hall–Kier alpha value is -9.90. The predicted octanol–water partition coefficient (Wildman–Crippen LogP) is 30.6. The van der Waals surface area contributed by atoms with Crippen molar-refractivity contribution in [3.63, 3.8) is 0 Å². The van der Waals surface area contributed by atoms with Gasteiger partial charge in [-0.15, -0.1) is 11.3 Å². The van der Waals surface area contributed by atoms with Gasteiger partial charge in [0.05, 0.1) is 6.61 Å². The number of aliphatic carboxylic acids is 4. The van der Waals surface area contributed by atoms with Crippen molar-refractivity contribution in [3.05, 3.63) is 233 Å². The van der Waals surface area contributed by atoms with E-state index in [0.29, 0.717) is 63.0 Å². The Morgan fingerprint density at radius 2 is 0.778 bits per heavy atom. The monoisotopic (exact) mass is 1790 g/mol. The third kappa shape index (κ3) is 36.8. The van der Waals surface area contributed by atoms with Crippen LogP contribution in [0.2, 0.25) is 0 Å². The molecule has 0 bridgehead atoms. The third-order valence-electron chi connectivity index (χ3n) is 20.8. The van der Waals surface area contributed by atoms with Crippen LogP contribution >= 0.6 is 11.3 Å². The summed E-state index contributed by atoms with van der Waals surface area (Å²) < 4.78 is 159. The quantitative estimate of drug-likeness (QED) is 0.0132. The highest BCUT2D eigenvalue weighted by Crippen LogP contribution is 2.49. The molecular weight excluding hydrogens is 1650 g/mol. The average Bonchev–Trinajstić information content (AvgIpc) is 0.946. The summed E-state index contributed by atoms with van der Waals surface area (Å²) in [7, 11) is 0. The molecule has 0 spiro atoms. The topological polar surface area (TPSA) is 186 Å². The Bertz CT molecular complexity index is 4910. The highest BCUT2D eigenvalue weighted by molar-refractivity contribution is 7.11. The van der Waals surface area contributed by atoms with Gasteiger partial charge in [0, 0.05) is 73.7 Å². The standard InChI is InChI=1S/C27H37F3O3.C26H34O3S.C25H32F4O3.C25H33F3O3/c1-9-26(5,6)19-14-20(18(4)22(28)12-11-17(3)13-24(31)32)25(33-16-23(29)30)21(15-19)27(7,8)10-2;1-7-8-12-29-26-22(18(4)5)15-20(17(2)3)16-23(26)21-11-13-30-24(21)10-9-19(6)14-25(27)28;1-15(11-21(30)31)9-10-20(26)16(2)18-12-17(23(3,4)5)13-19(24(6,7)8)22(18)32-14-25(27,28)29;1-15(11-22(29)30)9-10-20(26)16(2)18-12-17(24(3,4)5)13-19(25(6,7)8)23(18)31-14-21(27)28/h11-15,23H,9-10,16H2,1-8H3,(H,31,32);9-11,13-18H,7-8,12H2,1-6H3,(H,27,28);9-13H,14H2,1-8H3,(H,30,31);9-13,21H,14H2,1-8H3,(H,29,30)/b12-11+,17-13+,22-18+;10-9+,19-14+;2*10-9+,15-11+,20-16+. The Morgan fingerprint density at radius 3 is 1.10 bits per heavy atom. The minimum absolute atomic E-state index is 0.0123. The molecule has 0 aliphatic carbocycles. The lowest BCUT2D eigenvalue weighted by Gasteiger charge is -2.32. The first kappa shape index (κ1) is 112. The van der Waals surface area contributed by atoms with E-state index < -0.39 is 91.0 Å². The number of ether oxygens (including phenoxy) is 4. The molecule has 0 aliphatic rings. The van der Waals surface area contributed by atoms with Crippen LogP contribution < -0.4 is 18.9 Å². The Morgan fingerprint density at radius 1 is 0.421 bits per heavy atom. The van der Waals surface area contributed by atoms with Crippen molar-refractivity contribution in [2.24, 2.45) is 0 Å². The molecule has 0 radical (unpaired) electrons. The molecule has 12 nitrogen and oxygen atoms in total. The number of unbranched alkanes of at least 4 members (excludes halogenated alkanes) is 1. The lowest BCUT2D eigenvalue weighted by atomic mass is 9.74. The number of alkyl halides is 7. The van der Waals surface area contributed by atoms with Crippen LogP contribution in [0.25, 0.3) is 33.9 Å². The molecule has 0 saturated carbocycles. The minimum atomic E-state index is -4.55. The zero-order valence-electron chi connectivity index (χ0n) is 79.4. The van der Waals surface area contributed by atoms with Crippen LogP contribution in [-0.4, -0.2) is 89.8 Å². The number of carboxylic acids is 4. The third-order valence-corrected chi connectivity index (χ3v) is 21.7. The lowest BCUT2D eigenvalue weighted by molar-refractivity contribution is -0.153. The van der Waals surface area contributed by atoms with Gasteiger partial charge in [-0.1, -0.05) is 214 Å². The summed E-state index contributed by atoms with van der Waals surface area (Å²) in [6.07, 6.45) is 9.21. The molecule has 696 valence electrons.